The molecule has 1 aromatic heterocycles. The molecular weight excluding hydrogens is 294 g/mol. The number of nitrogens with zero attached hydrogens (tertiary/aromatic N) is 1. The molecular formula is C17H19N3O3. The van der Waals surface area contributed by atoms with Crippen molar-refractivity contribution in [3.8, 4) is 0 Å². The number of hydrogen-bond donors (Lipinski definition) is 3. The quantitative estimate of drug-likeness (QED) is 0.728. The lowest BCUT2D eigenvalue weighted by Gasteiger charge is -2.13. The van der Waals surface area contributed by atoms with E-state index >= 15 is 0 Å². The first kappa shape index (κ1) is 15.3. The molecule has 6 heteroatoms. The van der Waals surface area contributed by atoms with Crippen molar-refractivity contribution in [3.05, 3.63) is 53.3 Å². The number of carboxylic acid groups (broad SMARTS) is 1. The van der Waals surface area contributed by atoms with Crippen LogP contribution in [-0.4, -0.2) is 33.7 Å². The third-order valence-electron chi connectivity index (χ3n) is 4.03. The van der Waals surface area contributed by atoms with E-state index in [0.29, 0.717) is 18.0 Å². The fourth-order valence-electron chi connectivity index (χ4n) is 2.51. The normalized spacial score (nSPS) is 15.1. The molecule has 1 aliphatic carbocycles. The summed E-state index contributed by atoms with van der Waals surface area (Å²) in [5.74, 6) is -1.43. The van der Waals surface area contributed by atoms with Crippen LogP contribution in [0.1, 0.15) is 40.5 Å². The number of amides is 1. The molecule has 0 saturated heterocycles. The van der Waals surface area contributed by atoms with Gasteiger partial charge in [0.05, 0.1) is 5.92 Å². The summed E-state index contributed by atoms with van der Waals surface area (Å²) in [6.07, 6.45) is 2.63. The summed E-state index contributed by atoms with van der Waals surface area (Å²) in [4.78, 5) is 23.5. The van der Waals surface area contributed by atoms with Gasteiger partial charge in [-0.15, -0.1) is 0 Å². The van der Waals surface area contributed by atoms with Gasteiger partial charge in [0.25, 0.3) is 5.91 Å². The van der Waals surface area contributed by atoms with Crippen molar-refractivity contribution < 1.29 is 14.7 Å². The summed E-state index contributed by atoms with van der Waals surface area (Å²) < 4.78 is 0. The van der Waals surface area contributed by atoms with E-state index in [1.165, 1.54) is 0 Å². The van der Waals surface area contributed by atoms with Gasteiger partial charge in [-0.3, -0.25) is 14.7 Å². The van der Waals surface area contributed by atoms with Gasteiger partial charge in [0, 0.05) is 18.2 Å². The summed E-state index contributed by atoms with van der Waals surface area (Å²) in [6, 6.07) is 11.1. The largest absolute Gasteiger partial charge is 0.481 e. The van der Waals surface area contributed by atoms with Crippen LogP contribution < -0.4 is 5.32 Å². The van der Waals surface area contributed by atoms with E-state index < -0.39 is 11.9 Å². The van der Waals surface area contributed by atoms with Gasteiger partial charge in [-0.1, -0.05) is 30.3 Å². The topological polar surface area (TPSA) is 95.1 Å². The molecule has 1 aromatic carbocycles. The fourth-order valence-corrected chi connectivity index (χ4v) is 2.51. The Labute approximate surface area is 133 Å². The summed E-state index contributed by atoms with van der Waals surface area (Å²) in [6.45, 7) is 0.0781. The van der Waals surface area contributed by atoms with Crippen LogP contribution in [0.15, 0.2) is 36.4 Å². The average Bonchev–Trinajstić information content (AvgIpc) is 3.29. The molecule has 2 aromatic rings. The number of benzene rings is 1. The Morgan fingerprint density at radius 1 is 1.30 bits per heavy atom. The summed E-state index contributed by atoms with van der Waals surface area (Å²) in [5.41, 5.74) is 2.23. The number of carboxylic acids is 1. The molecule has 120 valence electrons. The van der Waals surface area contributed by atoms with E-state index in [-0.39, 0.29) is 12.5 Å². The van der Waals surface area contributed by atoms with Crippen molar-refractivity contribution in [2.24, 2.45) is 5.92 Å². The third kappa shape index (κ3) is 3.97. The highest BCUT2D eigenvalue weighted by molar-refractivity contribution is 5.92. The van der Waals surface area contributed by atoms with Crippen LogP contribution in [0.2, 0.25) is 0 Å². The molecule has 23 heavy (non-hydrogen) atoms. The number of nitrogens with one attached hydrogen (secondary N) is 2. The Hall–Kier alpha value is -2.63. The lowest BCUT2D eigenvalue weighted by Crippen LogP contribution is -2.34. The predicted molar refractivity (Wildman–Crippen MR) is 84.2 cm³/mol. The minimum Gasteiger partial charge on any atom is -0.481 e. The zero-order valence-corrected chi connectivity index (χ0v) is 12.7. The van der Waals surface area contributed by atoms with Crippen molar-refractivity contribution in [2.75, 3.05) is 6.54 Å². The number of rotatable bonds is 7. The van der Waals surface area contributed by atoms with Gasteiger partial charge in [-0.05, 0) is 30.9 Å². The Morgan fingerprint density at radius 3 is 2.70 bits per heavy atom. The molecule has 1 heterocycles. The average molecular weight is 313 g/mol. The van der Waals surface area contributed by atoms with Crippen LogP contribution in [0.3, 0.4) is 0 Å². The van der Waals surface area contributed by atoms with Crippen LogP contribution in [0.4, 0.5) is 0 Å². The van der Waals surface area contributed by atoms with Crippen molar-refractivity contribution in [3.63, 3.8) is 0 Å². The number of hydrogen-bond acceptors (Lipinski definition) is 3. The van der Waals surface area contributed by atoms with E-state index in [0.717, 1.165) is 24.1 Å². The molecule has 3 N–H and O–H groups in total. The lowest BCUT2D eigenvalue weighted by atomic mass is 9.99. The molecule has 1 unspecified atom stereocenters. The van der Waals surface area contributed by atoms with Gasteiger partial charge in [0.1, 0.15) is 5.69 Å². The SMILES string of the molecule is O=C(NCC(Cc1ccccc1)C(=O)O)c1cc(C2CC2)[nH]n1. The molecule has 1 saturated carbocycles. The smallest absolute Gasteiger partial charge is 0.308 e. The van der Waals surface area contributed by atoms with E-state index in [2.05, 4.69) is 15.5 Å². The van der Waals surface area contributed by atoms with Crippen LogP contribution in [0.5, 0.6) is 0 Å². The van der Waals surface area contributed by atoms with E-state index in [4.69, 9.17) is 0 Å². The number of aromatic nitrogens is 2. The molecule has 1 fully saturated rings. The van der Waals surface area contributed by atoms with Gasteiger partial charge in [0.15, 0.2) is 0 Å². The zero-order chi connectivity index (χ0) is 16.2. The van der Waals surface area contributed by atoms with Crippen LogP contribution in [0, 0.1) is 5.92 Å². The second kappa shape index (κ2) is 6.64. The first-order valence-corrected chi connectivity index (χ1v) is 7.73. The van der Waals surface area contributed by atoms with Crippen LogP contribution in [-0.2, 0) is 11.2 Å². The second-order valence-corrected chi connectivity index (χ2v) is 5.92. The maximum Gasteiger partial charge on any atom is 0.308 e. The van der Waals surface area contributed by atoms with E-state index in [9.17, 15) is 14.7 Å². The van der Waals surface area contributed by atoms with Crippen LogP contribution >= 0.6 is 0 Å². The molecule has 1 aliphatic rings. The van der Waals surface area contributed by atoms with Gasteiger partial charge in [-0.2, -0.15) is 5.10 Å². The molecule has 0 spiro atoms. The van der Waals surface area contributed by atoms with E-state index in [1.807, 2.05) is 30.3 Å². The minimum atomic E-state index is -0.921. The Balaban J connectivity index is 1.57. The van der Waals surface area contributed by atoms with Gasteiger partial charge in [-0.25, -0.2) is 0 Å². The number of carbonyl (C=O) groups is 2. The van der Waals surface area contributed by atoms with Gasteiger partial charge < -0.3 is 10.4 Å². The molecule has 0 radical (unpaired) electrons. The Bertz CT molecular complexity index is 692. The summed E-state index contributed by atoms with van der Waals surface area (Å²) >= 11 is 0. The highest BCUT2D eigenvalue weighted by atomic mass is 16.4. The molecule has 0 aliphatic heterocycles. The van der Waals surface area contributed by atoms with Crippen molar-refractivity contribution in [2.45, 2.75) is 25.2 Å². The molecule has 0 bridgehead atoms. The molecule has 1 atom stereocenters. The fraction of sp³-hybridized carbons (Fsp3) is 0.353. The number of H-pyrrole nitrogens is 1. The van der Waals surface area contributed by atoms with Gasteiger partial charge in [0.2, 0.25) is 0 Å². The Kier molecular flexibility index (Phi) is 4.41. The molecule has 6 nitrogen and oxygen atoms in total. The second-order valence-electron chi connectivity index (χ2n) is 5.92. The van der Waals surface area contributed by atoms with Gasteiger partial charge >= 0.3 is 5.97 Å². The Morgan fingerprint density at radius 2 is 2.04 bits per heavy atom. The monoisotopic (exact) mass is 313 g/mol. The highest BCUT2D eigenvalue weighted by Gasteiger charge is 2.27. The zero-order valence-electron chi connectivity index (χ0n) is 12.7. The predicted octanol–water partition coefficient (Wildman–Crippen LogP) is 1.96. The maximum atomic E-state index is 12.1. The summed E-state index contributed by atoms with van der Waals surface area (Å²) in [5, 5.41) is 18.9. The van der Waals surface area contributed by atoms with Crippen molar-refractivity contribution in [1.29, 1.82) is 0 Å². The minimum absolute atomic E-state index is 0.0781. The molecule has 3 rings (SSSR count). The first-order chi connectivity index (χ1) is 11.1. The number of aliphatic carboxylic acids is 1. The van der Waals surface area contributed by atoms with Crippen LogP contribution in [0.25, 0.3) is 0 Å². The van der Waals surface area contributed by atoms with Crippen molar-refractivity contribution in [1.82, 2.24) is 15.5 Å². The number of aromatic amines is 1. The lowest BCUT2D eigenvalue weighted by molar-refractivity contribution is -0.141. The first-order valence-electron chi connectivity index (χ1n) is 7.73. The number of carbonyl (C=O) groups excluding carboxylic acids is 1. The molecule has 1 amide bonds. The maximum absolute atomic E-state index is 12.1. The highest BCUT2D eigenvalue weighted by Crippen LogP contribution is 2.38. The summed E-state index contributed by atoms with van der Waals surface area (Å²) in [7, 11) is 0. The van der Waals surface area contributed by atoms with Crippen molar-refractivity contribution >= 4 is 11.9 Å². The third-order valence-corrected chi connectivity index (χ3v) is 4.03. The standard InChI is InChI=1S/C17H19N3O3/c21-16(15-9-14(19-20-15)12-6-7-12)18-10-13(17(22)23)8-11-4-2-1-3-5-11/h1-5,9,12-13H,6-8,10H2,(H,18,21)(H,19,20)(H,22,23). The van der Waals surface area contributed by atoms with E-state index in [1.54, 1.807) is 6.07 Å².